The third-order valence-corrected chi connectivity index (χ3v) is 5.68. The minimum absolute atomic E-state index is 0.144. The second-order valence-electron chi connectivity index (χ2n) is 6.10. The molecule has 1 aliphatic heterocycles. The standard InChI is InChI=1S/C13H24N2O3S/c1-13(7-3-2-4-8-13)11(14)12(16)15-9-5-6-10(15)19(17)18/h10-11H,2-9,14H2,1H3,(H,17,18)/t10-,11-/m1/s1. The summed E-state index contributed by atoms with van der Waals surface area (Å²) >= 11 is -1.98. The first-order chi connectivity index (χ1) is 8.96. The van der Waals surface area contributed by atoms with Gasteiger partial charge in [-0.15, -0.1) is 0 Å². The summed E-state index contributed by atoms with van der Waals surface area (Å²) in [5.74, 6) is -0.144. The van der Waals surface area contributed by atoms with Crippen molar-refractivity contribution in [2.75, 3.05) is 6.54 Å². The number of nitrogens with two attached hydrogens (primary N) is 1. The molecule has 19 heavy (non-hydrogen) atoms. The van der Waals surface area contributed by atoms with Gasteiger partial charge in [0.15, 0.2) is 11.1 Å². The molecule has 0 spiro atoms. The van der Waals surface area contributed by atoms with E-state index in [1.54, 1.807) is 0 Å². The van der Waals surface area contributed by atoms with E-state index in [0.717, 1.165) is 32.1 Å². The van der Waals surface area contributed by atoms with Gasteiger partial charge in [0.05, 0.1) is 6.04 Å². The van der Waals surface area contributed by atoms with E-state index in [2.05, 4.69) is 6.92 Å². The van der Waals surface area contributed by atoms with E-state index in [1.807, 2.05) is 0 Å². The van der Waals surface area contributed by atoms with Crippen LogP contribution in [0.3, 0.4) is 0 Å². The number of nitrogens with zero attached hydrogens (tertiary/aromatic N) is 1. The lowest BCUT2D eigenvalue weighted by Gasteiger charge is -2.40. The van der Waals surface area contributed by atoms with Gasteiger partial charge in [-0.2, -0.15) is 0 Å². The van der Waals surface area contributed by atoms with Crippen molar-refractivity contribution in [3.05, 3.63) is 0 Å². The summed E-state index contributed by atoms with van der Waals surface area (Å²) in [4.78, 5) is 14.0. The van der Waals surface area contributed by atoms with Crippen molar-refractivity contribution in [3.63, 3.8) is 0 Å². The number of amides is 1. The molecule has 0 aromatic carbocycles. The molecule has 1 saturated heterocycles. The molecule has 1 aliphatic carbocycles. The predicted octanol–water partition coefficient (Wildman–Crippen LogP) is 1.45. The fraction of sp³-hybridized carbons (Fsp3) is 0.923. The zero-order valence-electron chi connectivity index (χ0n) is 11.5. The molecule has 2 fully saturated rings. The fourth-order valence-electron chi connectivity index (χ4n) is 3.35. The van der Waals surface area contributed by atoms with E-state index in [9.17, 15) is 13.6 Å². The third kappa shape index (κ3) is 3.01. The van der Waals surface area contributed by atoms with E-state index in [0.29, 0.717) is 13.0 Å². The first kappa shape index (κ1) is 14.9. The molecule has 6 heteroatoms. The highest BCUT2D eigenvalue weighted by atomic mass is 32.2. The lowest BCUT2D eigenvalue weighted by Crippen LogP contribution is -2.54. The summed E-state index contributed by atoms with van der Waals surface area (Å²) in [5.41, 5.74) is 6.04. The molecule has 0 aromatic rings. The van der Waals surface area contributed by atoms with E-state index in [-0.39, 0.29) is 11.3 Å². The first-order valence-electron chi connectivity index (χ1n) is 7.11. The monoisotopic (exact) mass is 288 g/mol. The van der Waals surface area contributed by atoms with E-state index in [1.165, 1.54) is 11.3 Å². The predicted molar refractivity (Wildman–Crippen MR) is 74.7 cm³/mol. The molecule has 0 bridgehead atoms. The largest absolute Gasteiger partial charge is 0.324 e. The van der Waals surface area contributed by atoms with Gasteiger partial charge < -0.3 is 15.2 Å². The summed E-state index contributed by atoms with van der Waals surface area (Å²) in [7, 11) is 0. The van der Waals surface area contributed by atoms with Gasteiger partial charge in [0, 0.05) is 6.54 Å². The minimum Gasteiger partial charge on any atom is -0.324 e. The van der Waals surface area contributed by atoms with E-state index < -0.39 is 22.5 Å². The zero-order valence-corrected chi connectivity index (χ0v) is 12.3. The maximum Gasteiger partial charge on any atom is 0.241 e. The Morgan fingerprint density at radius 1 is 1.37 bits per heavy atom. The molecule has 1 unspecified atom stereocenters. The molecule has 1 amide bonds. The summed E-state index contributed by atoms with van der Waals surface area (Å²) in [6.45, 7) is 2.63. The summed E-state index contributed by atoms with van der Waals surface area (Å²) in [6, 6.07) is -0.544. The van der Waals surface area contributed by atoms with Crippen molar-refractivity contribution in [2.45, 2.75) is 63.3 Å². The molecule has 3 atom stereocenters. The lowest BCUT2D eigenvalue weighted by atomic mass is 9.70. The highest BCUT2D eigenvalue weighted by Crippen LogP contribution is 2.39. The maximum absolute atomic E-state index is 12.5. The second kappa shape index (κ2) is 5.89. The molecule has 5 nitrogen and oxygen atoms in total. The van der Waals surface area contributed by atoms with Gasteiger partial charge in [0.25, 0.3) is 0 Å². The molecule has 2 aliphatic rings. The van der Waals surface area contributed by atoms with Crippen LogP contribution in [0.2, 0.25) is 0 Å². The molecule has 110 valence electrons. The number of likely N-dealkylation sites (tertiary alicyclic amines) is 1. The van der Waals surface area contributed by atoms with Gasteiger partial charge in [-0.25, -0.2) is 4.21 Å². The summed E-state index contributed by atoms with van der Waals surface area (Å²) < 4.78 is 20.5. The number of rotatable bonds is 3. The highest BCUT2D eigenvalue weighted by molar-refractivity contribution is 7.79. The molecular weight excluding hydrogens is 264 g/mol. The molecule has 2 rings (SSSR count). The smallest absolute Gasteiger partial charge is 0.241 e. The quantitative estimate of drug-likeness (QED) is 0.770. The Labute approximate surface area is 117 Å². The van der Waals surface area contributed by atoms with Crippen LogP contribution in [0, 0.1) is 5.41 Å². The Balaban J connectivity index is 2.08. The van der Waals surface area contributed by atoms with Crippen LogP contribution in [0.1, 0.15) is 51.9 Å². The molecular formula is C13H24N2O3S. The summed E-state index contributed by atoms with van der Waals surface area (Å²) in [6.07, 6.45) is 6.77. The van der Waals surface area contributed by atoms with Crippen molar-refractivity contribution in [1.82, 2.24) is 4.90 Å². The van der Waals surface area contributed by atoms with Crippen LogP contribution < -0.4 is 5.73 Å². The average molecular weight is 288 g/mol. The second-order valence-corrected chi connectivity index (χ2v) is 7.19. The normalized spacial score (nSPS) is 30.1. The van der Waals surface area contributed by atoms with Gasteiger partial charge in [-0.1, -0.05) is 26.2 Å². The van der Waals surface area contributed by atoms with Gasteiger partial charge >= 0.3 is 0 Å². The topological polar surface area (TPSA) is 83.6 Å². The first-order valence-corrected chi connectivity index (χ1v) is 8.28. The Kier molecular flexibility index (Phi) is 4.63. The summed E-state index contributed by atoms with van der Waals surface area (Å²) in [5, 5.41) is -0.564. The molecule has 0 radical (unpaired) electrons. The fourth-order valence-corrected chi connectivity index (χ4v) is 4.14. The van der Waals surface area contributed by atoms with Crippen molar-refractivity contribution < 1.29 is 13.6 Å². The average Bonchev–Trinajstić information content (AvgIpc) is 2.87. The lowest BCUT2D eigenvalue weighted by molar-refractivity contribution is -0.135. The number of carbonyl (C=O) groups excluding carboxylic acids is 1. The van der Waals surface area contributed by atoms with E-state index in [4.69, 9.17) is 5.73 Å². The van der Waals surface area contributed by atoms with Crippen LogP contribution in [0.5, 0.6) is 0 Å². The Morgan fingerprint density at radius 2 is 2.00 bits per heavy atom. The van der Waals surface area contributed by atoms with Gasteiger partial charge in [0.2, 0.25) is 5.91 Å². The molecule has 1 heterocycles. The van der Waals surface area contributed by atoms with Crippen LogP contribution in [-0.2, 0) is 15.9 Å². The Bertz CT molecular complexity index is 369. The molecule has 1 saturated carbocycles. The number of hydrogen-bond donors (Lipinski definition) is 2. The Hall–Kier alpha value is -0.460. The van der Waals surface area contributed by atoms with Crippen LogP contribution in [-0.4, -0.2) is 37.5 Å². The van der Waals surface area contributed by atoms with Crippen molar-refractivity contribution in [2.24, 2.45) is 11.1 Å². The number of hydrogen-bond acceptors (Lipinski definition) is 3. The number of carbonyl (C=O) groups is 1. The third-order valence-electron chi connectivity index (χ3n) is 4.73. The molecule has 3 N–H and O–H groups in total. The highest BCUT2D eigenvalue weighted by Gasteiger charge is 2.42. The van der Waals surface area contributed by atoms with Gasteiger partial charge in [0.1, 0.15) is 5.37 Å². The van der Waals surface area contributed by atoms with Crippen LogP contribution in [0.15, 0.2) is 0 Å². The zero-order chi connectivity index (χ0) is 14.0. The van der Waals surface area contributed by atoms with Crippen molar-refractivity contribution in [1.29, 1.82) is 0 Å². The Morgan fingerprint density at radius 3 is 2.58 bits per heavy atom. The van der Waals surface area contributed by atoms with Gasteiger partial charge in [-0.05, 0) is 31.1 Å². The van der Waals surface area contributed by atoms with Crippen molar-refractivity contribution >= 4 is 17.0 Å². The van der Waals surface area contributed by atoms with Crippen LogP contribution in [0.25, 0.3) is 0 Å². The SMILES string of the molecule is CC1([C@H](N)C(=O)N2CCC[C@H]2S(=O)O)CCCCC1. The maximum atomic E-state index is 12.5. The van der Waals surface area contributed by atoms with Gasteiger partial charge in [-0.3, -0.25) is 4.79 Å². The van der Waals surface area contributed by atoms with Crippen LogP contribution in [0.4, 0.5) is 0 Å². The van der Waals surface area contributed by atoms with Crippen LogP contribution >= 0.6 is 0 Å². The van der Waals surface area contributed by atoms with E-state index >= 15 is 0 Å². The van der Waals surface area contributed by atoms with Crippen molar-refractivity contribution in [3.8, 4) is 0 Å². The minimum atomic E-state index is -1.98. The molecule has 0 aromatic heterocycles.